The van der Waals surface area contributed by atoms with E-state index in [-0.39, 0.29) is 17.6 Å². The summed E-state index contributed by atoms with van der Waals surface area (Å²) >= 11 is 0. The van der Waals surface area contributed by atoms with Gasteiger partial charge in [-0.2, -0.15) is 10.1 Å². The second kappa shape index (κ2) is 6.13. The number of carbonyl (C=O) groups is 1. The lowest BCUT2D eigenvalue weighted by Crippen LogP contribution is -2.29. The maximum absolute atomic E-state index is 13.2. The third-order valence-corrected chi connectivity index (χ3v) is 3.49. The van der Waals surface area contributed by atoms with Crippen molar-refractivity contribution in [1.82, 2.24) is 0 Å². The molecule has 1 atom stereocenters. The SMILES string of the molecule is CCCC1=NN(c2ccc(F)cc2C)C(=O)C1CCN. The number of benzene rings is 1. The number of carbonyl (C=O) groups excluding carboxylic acids is 1. The van der Waals surface area contributed by atoms with Gasteiger partial charge in [-0.1, -0.05) is 13.3 Å². The fourth-order valence-electron chi connectivity index (χ4n) is 2.50. The minimum Gasteiger partial charge on any atom is -0.330 e. The van der Waals surface area contributed by atoms with Crippen LogP contribution in [-0.2, 0) is 4.79 Å². The molecule has 0 bridgehead atoms. The van der Waals surface area contributed by atoms with Crippen molar-refractivity contribution in [2.45, 2.75) is 33.1 Å². The summed E-state index contributed by atoms with van der Waals surface area (Å²) < 4.78 is 13.2. The third kappa shape index (κ3) is 2.72. The topological polar surface area (TPSA) is 58.7 Å². The van der Waals surface area contributed by atoms with Gasteiger partial charge in [0.2, 0.25) is 0 Å². The molecule has 1 aromatic rings. The molecule has 1 aliphatic rings. The largest absolute Gasteiger partial charge is 0.330 e. The number of hydrogen-bond donors (Lipinski definition) is 1. The van der Waals surface area contributed by atoms with Gasteiger partial charge in [0.15, 0.2) is 0 Å². The van der Waals surface area contributed by atoms with Crippen LogP contribution in [0.5, 0.6) is 0 Å². The van der Waals surface area contributed by atoms with Crippen LogP contribution in [0.15, 0.2) is 23.3 Å². The van der Waals surface area contributed by atoms with Crippen molar-refractivity contribution < 1.29 is 9.18 Å². The molecule has 2 N–H and O–H groups in total. The molecular weight excluding hydrogens is 257 g/mol. The Bertz CT molecular complexity index is 542. The van der Waals surface area contributed by atoms with E-state index >= 15 is 0 Å². The number of rotatable bonds is 5. The molecule has 1 unspecified atom stereocenters. The Kier molecular flexibility index (Phi) is 4.49. The van der Waals surface area contributed by atoms with Crippen LogP contribution in [0.2, 0.25) is 0 Å². The first-order chi connectivity index (χ1) is 9.58. The van der Waals surface area contributed by atoms with E-state index in [1.54, 1.807) is 13.0 Å². The van der Waals surface area contributed by atoms with Crippen LogP contribution in [0.3, 0.4) is 0 Å². The molecule has 0 aliphatic carbocycles. The predicted molar refractivity (Wildman–Crippen MR) is 78.1 cm³/mol. The standard InChI is InChI=1S/C15H20FN3O/c1-3-4-13-12(7-8-17)15(20)19(18-13)14-6-5-11(16)9-10(14)2/h5-6,9,12H,3-4,7-8,17H2,1-2H3. The summed E-state index contributed by atoms with van der Waals surface area (Å²) in [4.78, 5) is 12.5. The molecule has 0 saturated heterocycles. The lowest BCUT2D eigenvalue weighted by atomic mass is 9.96. The zero-order valence-electron chi connectivity index (χ0n) is 11.9. The first kappa shape index (κ1) is 14.7. The highest BCUT2D eigenvalue weighted by molar-refractivity contribution is 6.15. The Morgan fingerprint density at radius 3 is 2.80 bits per heavy atom. The number of hydrogen-bond acceptors (Lipinski definition) is 3. The number of aryl methyl sites for hydroxylation is 1. The van der Waals surface area contributed by atoms with Crippen LogP contribution in [0.1, 0.15) is 31.7 Å². The van der Waals surface area contributed by atoms with Crippen molar-refractivity contribution in [1.29, 1.82) is 0 Å². The molecule has 1 amide bonds. The van der Waals surface area contributed by atoms with Crippen LogP contribution in [-0.4, -0.2) is 18.2 Å². The normalized spacial score (nSPS) is 18.6. The van der Waals surface area contributed by atoms with Crippen molar-refractivity contribution in [3.05, 3.63) is 29.6 Å². The lowest BCUT2D eigenvalue weighted by molar-refractivity contribution is -0.119. The minimum absolute atomic E-state index is 0.0615. The molecule has 5 heteroatoms. The highest BCUT2D eigenvalue weighted by Gasteiger charge is 2.35. The van der Waals surface area contributed by atoms with E-state index in [9.17, 15) is 9.18 Å². The lowest BCUT2D eigenvalue weighted by Gasteiger charge is -2.16. The van der Waals surface area contributed by atoms with Gasteiger partial charge in [-0.25, -0.2) is 4.39 Å². The zero-order valence-corrected chi connectivity index (χ0v) is 11.9. The van der Waals surface area contributed by atoms with Crippen LogP contribution < -0.4 is 10.7 Å². The van der Waals surface area contributed by atoms with Gasteiger partial charge in [0.1, 0.15) is 5.82 Å². The highest BCUT2D eigenvalue weighted by atomic mass is 19.1. The second-order valence-electron chi connectivity index (χ2n) is 5.05. The number of anilines is 1. The molecule has 2 rings (SSSR count). The monoisotopic (exact) mass is 277 g/mol. The fourth-order valence-corrected chi connectivity index (χ4v) is 2.50. The highest BCUT2D eigenvalue weighted by Crippen LogP contribution is 2.29. The van der Waals surface area contributed by atoms with Crippen molar-refractivity contribution in [2.75, 3.05) is 11.6 Å². The first-order valence-electron chi connectivity index (χ1n) is 6.96. The van der Waals surface area contributed by atoms with Gasteiger partial charge in [-0.15, -0.1) is 0 Å². The summed E-state index contributed by atoms with van der Waals surface area (Å²) in [5, 5.41) is 5.84. The number of amides is 1. The number of halogens is 1. The number of hydrazone groups is 1. The minimum atomic E-state index is -0.311. The Balaban J connectivity index is 2.34. The van der Waals surface area contributed by atoms with Gasteiger partial charge in [0, 0.05) is 0 Å². The maximum atomic E-state index is 13.2. The van der Waals surface area contributed by atoms with Gasteiger partial charge in [-0.3, -0.25) is 4.79 Å². The molecule has 1 aromatic carbocycles. The van der Waals surface area contributed by atoms with Crippen molar-refractivity contribution >= 4 is 17.3 Å². The quantitative estimate of drug-likeness (QED) is 0.899. The van der Waals surface area contributed by atoms with Gasteiger partial charge >= 0.3 is 0 Å². The van der Waals surface area contributed by atoms with Crippen molar-refractivity contribution in [2.24, 2.45) is 16.8 Å². The van der Waals surface area contributed by atoms with E-state index in [0.717, 1.165) is 18.6 Å². The zero-order chi connectivity index (χ0) is 14.7. The van der Waals surface area contributed by atoms with E-state index < -0.39 is 0 Å². The summed E-state index contributed by atoms with van der Waals surface area (Å²) in [6.07, 6.45) is 2.32. The molecule has 0 spiro atoms. The predicted octanol–water partition coefficient (Wildman–Crippen LogP) is 2.60. The van der Waals surface area contributed by atoms with Crippen LogP contribution >= 0.6 is 0 Å². The molecule has 1 heterocycles. The molecule has 0 saturated carbocycles. The third-order valence-electron chi connectivity index (χ3n) is 3.49. The van der Waals surface area contributed by atoms with Gasteiger partial charge < -0.3 is 5.73 Å². The molecule has 0 fully saturated rings. The number of nitrogens with zero attached hydrogens (tertiary/aromatic N) is 2. The van der Waals surface area contributed by atoms with Gasteiger partial charge in [0.25, 0.3) is 5.91 Å². The molecule has 108 valence electrons. The average Bonchev–Trinajstić information content (AvgIpc) is 2.69. The maximum Gasteiger partial charge on any atom is 0.256 e. The summed E-state index contributed by atoms with van der Waals surface area (Å²) in [7, 11) is 0. The molecule has 1 aliphatic heterocycles. The molecular formula is C15H20FN3O. The second-order valence-corrected chi connectivity index (χ2v) is 5.05. The van der Waals surface area contributed by atoms with E-state index in [4.69, 9.17) is 5.73 Å². The van der Waals surface area contributed by atoms with Crippen molar-refractivity contribution in [3.63, 3.8) is 0 Å². The Morgan fingerprint density at radius 1 is 1.45 bits per heavy atom. The number of nitrogens with two attached hydrogens (primary N) is 1. The summed E-state index contributed by atoms with van der Waals surface area (Å²) in [6, 6.07) is 4.36. The molecule has 0 radical (unpaired) electrons. The van der Waals surface area contributed by atoms with Crippen LogP contribution in [0.4, 0.5) is 10.1 Å². The van der Waals surface area contributed by atoms with Crippen molar-refractivity contribution in [3.8, 4) is 0 Å². The molecule has 20 heavy (non-hydrogen) atoms. The van der Waals surface area contributed by atoms with Crippen LogP contribution in [0, 0.1) is 18.7 Å². The summed E-state index contributed by atoms with van der Waals surface area (Å²) in [6.45, 7) is 4.28. The van der Waals surface area contributed by atoms with E-state index in [1.165, 1.54) is 17.1 Å². The Morgan fingerprint density at radius 2 is 2.20 bits per heavy atom. The Labute approximate surface area is 118 Å². The first-order valence-corrected chi connectivity index (χ1v) is 6.96. The molecule has 0 aromatic heterocycles. The van der Waals surface area contributed by atoms with E-state index in [1.807, 2.05) is 0 Å². The molecule has 4 nitrogen and oxygen atoms in total. The van der Waals surface area contributed by atoms with Gasteiger partial charge in [-0.05, 0) is 50.1 Å². The Hall–Kier alpha value is -1.75. The van der Waals surface area contributed by atoms with Gasteiger partial charge in [0.05, 0.1) is 17.3 Å². The fraction of sp³-hybridized carbons (Fsp3) is 0.467. The van der Waals surface area contributed by atoms with E-state index in [2.05, 4.69) is 12.0 Å². The summed E-state index contributed by atoms with van der Waals surface area (Å²) in [5.41, 5.74) is 7.81. The van der Waals surface area contributed by atoms with Crippen LogP contribution in [0.25, 0.3) is 0 Å². The average molecular weight is 277 g/mol. The van der Waals surface area contributed by atoms with E-state index in [0.29, 0.717) is 24.2 Å². The smallest absolute Gasteiger partial charge is 0.256 e. The summed E-state index contributed by atoms with van der Waals surface area (Å²) in [5.74, 6) is -0.604.